The molecule has 1 heterocycles. The number of fused-ring (bicyclic) bond motifs is 1. The summed E-state index contributed by atoms with van der Waals surface area (Å²) in [4.78, 5) is 26.0. The first-order chi connectivity index (χ1) is 13.9. The van der Waals surface area contributed by atoms with Gasteiger partial charge in [0.05, 0.1) is 0 Å². The van der Waals surface area contributed by atoms with Crippen molar-refractivity contribution in [3.8, 4) is 6.07 Å². The Bertz CT molecular complexity index is 1140. The average molecular weight is 407 g/mol. The Hall–Kier alpha value is -3.56. The molecule has 0 spiro atoms. The lowest BCUT2D eigenvalue weighted by atomic mass is 10.1. The number of anilines is 1. The normalized spacial score (nSPS) is 11.2. The minimum Gasteiger partial charge on any atom is -0.344 e. The van der Waals surface area contributed by atoms with Crippen molar-refractivity contribution in [3.05, 3.63) is 70.9 Å². The summed E-state index contributed by atoms with van der Waals surface area (Å²) in [5, 5.41) is 13.6. The van der Waals surface area contributed by atoms with Crippen LogP contribution in [0.2, 0.25) is 5.02 Å². The maximum Gasteiger partial charge on any atom is 0.264 e. The van der Waals surface area contributed by atoms with Crippen molar-refractivity contribution in [2.24, 2.45) is 0 Å². The topological polar surface area (TPSA) is 78.1 Å². The standard InChI is InChI=1S/C22H19ClN4O2/c1-26(2)22(29)15(12-24)11-16-13-27(20-6-4-3-5-19(16)20)14-21(28)25-18-9-7-17(23)8-10-18/h3-11,13H,14H2,1-2H3,(H,25,28)/b15-11-. The summed E-state index contributed by atoms with van der Waals surface area (Å²) in [6, 6.07) is 16.4. The summed E-state index contributed by atoms with van der Waals surface area (Å²) in [5.41, 5.74) is 2.22. The van der Waals surface area contributed by atoms with Crippen LogP contribution in [0.4, 0.5) is 5.69 Å². The molecular formula is C22H19ClN4O2. The van der Waals surface area contributed by atoms with E-state index in [1.165, 1.54) is 4.90 Å². The second-order valence-electron chi connectivity index (χ2n) is 6.65. The smallest absolute Gasteiger partial charge is 0.264 e. The van der Waals surface area contributed by atoms with Gasteiger partial charge in [0, 0.05) is 47.5 Å². The number of nitrogens with zero attached hydrogens (tertiary/aromatic N) is 3. The Morgan fingerprint density at radius 2 is 1.86 bits per heavy atom. The summed E-state index contributed by atoms with van der Waals surface area (Å²) < 4.78 is 1.79. The van der Waals surface area contributed by atoms with Crippen LogP contribution in [-0.4, -0.2) is 35.4 Å². The van der Waals surface area contributed by atoms with Gasteiger partial charge in [-0.05, 0) is 36.4 Å². The zero-order valence-corrected chi connectivity index (χ0v) is 16.8. The van der Waals surface area contributed by atoms with Crippen LogP contribution in [0.15, 0.2) is 60.3 Å². The minimum atomic E-state index is -0.371. The highest BCUT2D eigenvalue weighted by Gasteiger charge is 2.15. The van der Waals surface area contributed by atoms with Gasteiger partial charge < -0.3 is 14.8 Å². The van der Waals surface area contributed by atoms with Crippen LogP contribution < -0.4 is 5.32 Å². The van der Waals surface area contributed by atoms with E-state index in [0.29, 0.717) is 16.3 Å². The number of rotatable bonds is 5. The molecule has 2 aromatic carbocycles. The molecule has 0 fully saturated rings. The molecule has 0 bridgehead atoms. The van der Waals surface area contributed by atoms with Crippen molar-refractivity contribution in [2.75, 3.05) is 19.4 Å². The van der Waals surface area contributed by atoms with Crippen LogP contribution in [0.5, 0.6) is 0 Å². The lowest BCUT2D eigenvalue weighted by Gasteiger charge is -2.08. The monoisotopic (exact) mass is 406 g/mol. The van der Waals surface area contributed by atoms with Crippen molar-refractivity contribution in [2.45, 2.75) is 6.54 Å². The van der Waals surface area contributed by atoms with E-state index in [9.17, 15) is 14.9 Å². The average Bonchev–Trinajstić information content (AvgIpc) is 3.04. The molecule has 3 aromatic rings. The number of aromatic nitrogens is 1. The highest BCUT2D eigenvalue weighted by atomic mass is 35.5. The van der Waals surface area contributed by atoms with Crippen LogP contribution in [0.1, 0.15) is 5.56 Å². The second kappa shape index (κ2) is 8.63. The molecule has 0 saturated carbocycles. The summed E-state index contributed by atoms with van der Waals surface area (Å²) in [5.74, 6) is -0.571. The minimum absolute atomic E-state index is 0.0310. The Morgan fingerprint density at radius 1 is 1.17 bits per heavy atom. The molecule has 3 rings (SSSR count). The quantitative estimate of drug-likeness (QED) is 0.515. The first kappa shape index (κ1) is 20.2. The van der Waals surface area contributed by atoms with Gasteiger partial charge in [0.1, 0.15) is 18.2 Å². The van der Waals surface area contributed by atoms with Crippen LogP contribution in [0.25, 0.3) is 17.0 Å². The fourth-order valence-electron chi connectivity index (χ4n) is 2.95. The molecule has 7 heteroatoms. The van der Waals surface area contributed by atoms with E-state index in [2.05, 4.69) is 5.32 Å². The fourth-order valence-corrected chi connectivity index (χ4v) is 3.07. The second-order valence-corrected chi connectivity index (χ2v) is 7.09. The molecule has 0 unspecified atom stereocenters. The van der Waals surface area contributed by atoms with E-state index in [1.54, 1.807) is 55.2 Å². The molecular weight excluding hydrogens is 388 g/mol. The number of likely N-dealkylation sites (N-methyl/N-ethyl adjacent to an activating group) is 1. The number of hydrogen-bond acceptors (Lipinski definition) is 3. The number of nitriles is 1. The molecule has 0 aliphatic heterocycles. The van der Waals surface area contributed by atoms with Gasteiger partial charge in [-0.3, -0.25) is 9.59 Å². The molecule has 1 aromatic heterocycles. The number of carbonyl (C=O) groups excluding carboxylic acids is 2. The number of hydrogen-bond donors (Lipinski definition) is 1. The number of benzene rings is 2. The van der Waals surface area contributed by atoms with Gasteiger partial charge in [-0.1, -0.05) is 29.8 Å². The largest absolute Gasteiger partial charge is 0.344 e. The van der Waals surface area contributed by atoms with E-state index in [4.69, 9.17) is 11.6 Å². The van der Waals surface area contributed by atoms with Crippen molar-refractivity contribution in [1.29, 1.82) is 5.26 Å². The van der Waals surface area contributed by atoms with E-state index in [1.807, 2.05) is 30.3 Å². The summed E-state index contributed by atoms with van der Waals surface area (Å²) in [6.45, 7) is 0.0838. The molecule has 29 heavy (non-hydrogen) atoms. The van der Waals surface area contributed by atoms with Gasteiger partial charge in [0.2, 0.25) is 5.91 Å². The molecule has 6 nitrogen and oxygen atoms in total. The predicted molar refractivity (Wildman–Crippen MR) is 114 cm³/mol. The molecule has 2 amide bonds. The number of para-hydroxylation sites is 1. The zero-order chi connectivity index (χ0) is 21.0. The molecule has 0 radical (unpaired) electrons. The predicted octanol–water partition coefficient (Wildman–Crippen LogP) is 3.93. The Labute approximate surface area is 173 Å². The number of nitrogens with one attached hydrogen (secondary N) is 1. The summed E-state index contributed by atoms with van der Waals surface area (Å²) >= 11 is 5.87. The SMILES string of the molecule is CN(C)C(=O)/C(C#N)=C\c1cn(CC(=O)Nc2ccc(Cl)cc2)c2ccccc12. The highest BCUT2D eigenvalue weighted by molar-refractivity contribution is 6.30. The van der Waals surface area contributed by atoms with Gasteiger partial charge in [-0.2, -0.15) is 5.26 Å². The summed E-state index contributed by atoms with van der Waals surface area (Å²) in [7, 11) is 3.19. The van der Waals surface area contributed by atoms with Gasteiger partial charge >= 0.3 is 0 Å². The van der Waals surface area contributed by atoms with E-state index in [0.717, 1.165) is 10.9 Å². The molecule has 1 N–H and O–H groups in total. The number of amides is 2. The van der Waals surface area contributed by atoms with Crippen molar-refractivity contribution < 1.29 is 9.59 Å². The van der Waals surface area contributed by atoms with Gasteiger partial charge in [0.15, 0.2) is 0 Å². The van der Waals surface area contributed by atoms with Crippen LogP contribution in [0, 0.1) is 11.3 Å². The number of halogens is 1. The Balaban J connectivity index is 1.91. The third kappa shape index (κ3) is 4.65. The molecule has 0 aliphatic carbocycles. The third-order valence-corrected chi connectivity index (χ3v) is 4.57. The van der Waals surface area contributed by atoms with Crippen molar-refractivity contribution in [3.63, 3.8) is 0 Å². The lowest BCUT2D eigenvalue weighted by Crippen LogP contribution is -2.22. The maximum atomic E-state index is 12.5. The fraction of sp³-hybridized carbons (Fsp3) is 0.136. The van der Waals surface area contributed by atoms with E-state index in [-0.39, 0.29) is 23.9 Å². The first-order valence-corrected chi connectivity index (χ1v) is 9.23. The highest BCUT2D eigenvalue weighted by Crippen LogP contribution is 2.24. The molecule has 146 valence electrons. The van der Waals surface area contributed by atoms with Gasteiger partial charge in [0.25, 0.3) is 5.91 Å². The molecule has 0 atom stereocenters. The number of carbonyl (C=O) groups is 2. The molecule has 0 saturated heterocycles. The van der Waals surface area contributed by atoms with Gasteiger partial charge in [-0.25, -0.2) is 0 Å². The van der Waals surface area contributed by atoms with Crippen LogP contribution in [0.3, 0.4) is 0 Å². The van der Waals surface area contributed by atoms with E-state index >= 15 is 0 Å². The van der Waals surface area contributed by atoms with Crippen LogP contribution in [-0.2, 0) is 16.1 Å². The molecule has 0 aliphatic rings. The van der Waals surface area contributed by atoms with Gasteiger partial charge in [-0.15, -0.1) is 0 Å². The first-order valence-electron chi connectivity index (χ1n) is 8.86. The third-order valence-electron chi connectivity index (χ3n) is 4.32. The Kier molecular flexibility index (Phi) is 6.01. The van der Waals surface area contributed by atoms with Crippen molar-refractivity contribution in [1.82, 2.24) is 9.47 Å². The van der Waals surface area contributed by atoms with Crippen molar-refractivity contribution >= 4 is 46.1 Å². The Morgan fingerprint density at radius 3 is 2.52 bits per heavy atom. The maximum absolute atomic E-state index is 12.5. The lowest BCUT2D eigenvalue weighted by molar-refractivity contribution is -0.124. The van der Waals surface area contributed by atoms with E-state index < -0.39 is 0 Å². The zero-order valence-electron chi connectivity index (χ0n) is 16.0. The van der Waals surface area contributed by atoms with Crippen LogP contribution >= 0.6 is 11.6 Å². The summed E-state index contributed by atoms with van der Waals surface area (Å²) in [6.07, 6.45) is 3.32.